The summed E-state index contributed by atoms with van der Waals surface area (Å²) >= 11 is 4.33. The van der Waals surface area contributed by atoms with Gasteiger partial charge in [-0.3, -0.25) is 33.6 Å². The molecule has 4 atom stereocenters. The summed E-state index contributed by atoms with van der Waals surface area (Å²) in [5, 5.41) is 14.3. The quantitative estimate of drug-likeness (QED) is 0.0297. The molecule has 0 aliphatic carbocycles. The van der Waals surface area contributed by atoms with Crippen molar-refractivity contribution in [2.75, 3.05) is 18.9 Å². The number of nitrogens with zero attached hydrogens (tertiary/aromatic N) is 1. The number of hydrogen-bond acceptors (Lipinski definition) is 10. The van der Waals surface area contributed by atoms with Crippen molar-refractivity contribution in [3.63, 3.8) is 0 Å². The minimum Gasteiger partial charge on any atom is -0.481 e. The first kappa shape index (κ1) is 51.6. The monoisotopic (exact) mass is 800 g/mol. The molecule has 0 heterocycles. The molecule has 4 amide bonds. The van der Waals surface area contributed by atoms with Gasteiger partial charge in [-0.2, -0.15) is 12.6 Å². The van der Waals surface area contributed by atoms with E-state index in [1.165, 1.54) is 13.3 Å². The number of carboxylic acid groups (broad SMARTS) is 1. The Kier molecular flexibility index (Phi) is 30.8. The van der Waals surface area contributed by atoms with Crippen molar-refractivity contribution >= 4 is 54.2 Å². The van der Waals surface area contributed by atoms with Crippen molar-refractivity contribution < 1.29 is 48.1 Å². The van der Waals surface area contributed by atoms with Gasteiger partial charge in [0.2, 0.25) is 23.6 Å². The van der Waals surface area contributed by atoms with Gasteiger partial charge in [-0.15, -0.1) is 0 Å². The molecule has 14 nitrogen and oxygen atoms in total. The molecule has 5 N–H and O–H groups in total. The number of primary amides is 1. The molecular formula is C40H72N4O10S. The largest absolute Gasteiger partial charge is 0.481 e. The maximum Gasteiger partial charge on any atom is 0.306 e. The molecule has 0 aromatic heterocycles. The lowest BCUT2D eigenvalue weighted by atomic mass is 10.1. The number of rotatable bonds is 35. The minimum atomic E-state index is -1.34. The Morgan fingerprint density at radius 2 is 1.16 bits per heavy atom. The van der Waals surface area contributed by atoms with Crippen molar-refractivity contribution in [1.29, 1.82) is 0 Å². The maximum atomic E-state index is 14.2. The van der Waals surface area contributed by atoms with E-state index in [4.69, 9.17) is 20.3 Å². The third-order valence-electron chi connectivity index (χ3n) is 9.36. The average Bonchev–Trinajstić information content (AvgIpc) is 3.15. The summed E-state index contributed by atoms with van der Waals surface area (Å²) in [7, 11) is 0. The molecule has 0 fully saturated rings. The van der Waals surface area contributed by atoms with E-state index in [0.717, 1.165) is 88.4 Å². The topological polar surface area (TPSA) is 212 Å². The van der Waals surface area contributed by atoms with Crippen molar-refractivity contribution in [2.24, 2.45) is 5.73 Å². The second-order valence-corrected chi connectivity index (χ2v) is 14.7. The molecule has 0 aliphatic rings. The van der Waals surface area contributed by atoms with E-state index in [0.29, 0.717) is 19.3 Å². The van der Waals surface area contributed by atoms with Gasteiger partial charge in [0.05, 0.1) is 6.54 Å². The molecular weight excluding hydrogens is 729 g/mol. The van der Waals surface area contributed by atoms with Crippen LogP contribution in [0.5, 0.6) is 0 Å². The maximum absolute atomic E-state index is 14.2. The van der Waals surface area contributed by atoms with Gasteiger partial charge in [-0.1, -0.05) is 111 Å². The highest BCUT2D eigenvalue weighted by Gasteiger charge is 2.35. The number of amides is 4. The zero-order valence-corrected chi connectivity index (χ0v) is 35.0. The van der Waals surface area contributed by atoms with Crippen LogP contribution in [0.3, 0.4) is 0 Å². The molecule has 0 aromatic rings. The third-order valence-corrected chi connectivity index (χ3v) is 9.72. The summed E-state index contributed by atoms with van der Waals surface area (Å²) in [5.74, 6) is -5.23. The smallest absolute Gasteiger partial charge is 0.306 e. The first-order valence-corrected chi connectivity index (χ1v) is 21.3. The number of unbranched alkanes of at least 4 members (excludes halogenated alkanes) is 14. The number of carboxylic acids is 1. The van der Waals surface area contributed by atoms with Gasteiger partial charge in [-0.05, 0) is 32.6 Å². The number of esters is 2. The number of nitrogens with one attached hydrogen (secondary N) is 2. The lowest BCUT2D eigenvalue weighted by Gasteiger charge is -2.34. The number of nitrogens with two attached hydrogens (primary N) is 1. The first-order chi connectivity index (χ1) is 26.3. The number of hydrogen-bond donors (Lipinski definition) is 5. The lowest BCUT2D eigenvalue weighted by molar-refractivity contribution is -0.163. The van der Waals surface area contributed by atoms with Gasteiger partial charge < -0.3 is 35.8 Å². The second kappa shape index (κ2) is 32.8. The summed E-state index contributed by atoms with van der Waals surface area (Å²) < 4.78 is 11.3. The molecule has 0 saturated carbocycles. The summed E-state index contributed by atoms with van der Waals surface area (Å²) in [4.78, 5) is 90.8. The Balaban J connectivity index is 6.22. The standard InChI is InChI=1S/C40H72N4O10S/c1-5-8-11-14-15-18-19-22-34(45)42-33(29-55)40(52)44(30(4)39(51)43-32(38(41)50)25-26-35(46)47)27-31(54-37(49)24-21-17-13-10-7-3)28-53-36(48)23-20-16-12-9-6-2/h30-33,55H,5-29H2,1-4H3,(H2,41,50)(H,42,45)(H,43,51)(H,46,47)/t30-,31+,32+,33?/m0/s1. The summed E-state index contributed by atoms with van der Waals surface area (Å²) in [5.41, 5.74) is 5.45. The number of aliphatic carboxylic acids is 1. The number of carbonyl (C=O) groups excluding carboxylic acids is 6. The number of ether oxygens (including phenoxy) is 2. The van der Waals surface area contributed by atoms with E-state index in [2.05, 4.69) is 44.0 Å². The molecule has 55 heavy (non-hydrogen) atoms. The normalized spacial score (nSPS) is 13.2. The van der Waals surface area contributed by atoms with E-state index in [-0.39, 0.29) is 44.0 Å². The molecule has 0 aromatic carbocycles. The van der Waals surface area contributed by atoms with Crippen LogP contribution < -0.4 is 16.4 Å². The third kappa shape index (κ3) is 26.2. The molecule has 0 rings (SSSR count). The number of carbonyl (C=O) groups is 7. The first-order valence-electron chi connectivity index (χ1n) is 20.7. The van der Waals surface area contributed by atoms with Gasteiger partial charge in [0.25, 0.3) is 0 Å². The molecule has 0 bridgehead atoms. The zero-order chi connectivity index (χ0) is 41.4. The van der Waals surface area contributed by atoms with E-state index in [1.54, 1.807) is 0 Å². The Morgan fingerprint density at radius 1 is 0.673 bits per heavy atom. The Labute approximate surface area is 334 Å². The van der Waals surface area contributed by atoms with Crippen LogP contribution in [0.2, 0.25) is 0 Å². The highest BCUT2D eigenvalue weighted by atomic mass is 32.1. The predicted octanol–water partition coefficient (Wildman–Crippen LogP) is 5.77. The predicted molar refractivity (Wildman–Crippen MR) is 215 cm³/mol. The van der Waals surface area contributed by atoms with Crippen LogP contribution in [0.4, 0.5) is 0 Å². The molecule has 1 unspecified atom stereocenters. The lowest BCUT2D eigenvalue weighted by Crippen LogP contribution is -2.59. The second-order valence-electron chi connectivity index (χ2n) is 14.4. The van der Waals surface area contributed by atoms with Crippen LogP contribution in [0.15, 0.2) is 0 Å². The fraction of sp³-hybridized carbons (Fsp3) is 0.825. The Morgan fingerprint density at radius 3 is 1.65 bits per heavy atom. The highest BCUT2D eigenvalue weighted by Crippen LogP contribution is 2.14. The molecule has 0 radical (unpaired) electrons. The van der Waals surface area contributed by atoms with Crippen LogP contribution in [-0.2, 0) is 43.0 Å². The Hall–Kier alpha value is -3.36. The Bertz CT molecular complexity index is 1140. The SMILES string of the molecule is CCCCCCCCCC(=O)NC(CS)C(=O)N(C[C@H](COC(=O)CCCCCCC)OC(=O)CCCCCCC)[C@@H](C)C(=O)N[C@H](CCC(=O)O)C(N)=O. The van der Waals surface area contributed by atoms with Crippen molar-refractivity contribution in [2.45, 2.75) is 193 Å². The van der Waals surface area contributed by atoms with Crippen LogP contribution >= 0.6 is 12.6 Å². The molecule has 0 aliphatic heterocycles. The van der Waals surface area contributed by atoms with Crippen LogP contribution in [0, 0.1) is 0 Å². The van der Waals surface area contributed by atoms with Gasteiger partial charge in [0.15, 0.2) is 6.10 Å². The van der Waals surface area contributed by atoms with Crippen LogP contribution in [-0.4, -0.2) is 94.7 Å². The molecule has 0 saturated heterocycles. The molecule has 15 heteroatoms. The number of thiol groups is 1. The zero-order valence-electron chi connectivity index (χ0n) is 34.1. The minimum absolute atomic E-state index is 0.105. The van der Waals surface area contributed by atoms with E-state index in [9.17, 15) is 33.6 Å². The highest BCUT2D eigenvalue weighted by molar-refractivity contribution is 7.80. The fourth-order valence-electron chi connectivity index (χ4n) is 5.91. The van der Waals surface area contributed by atoms with Gasteiger partial charge >= 0.3 is 17.9 Å². The summed E-state index contributed by atoms with van der Waals surface area (Å²) in [6, 6.07) is -3.84. The fourth-order valence-corrected chi connectivity index (χ4v) is 6.16. The van der Waals surface area contributed by atoms with E-state index < -0.39 is 72.8 Å². The average molecular weight is 801 g/mol. The van der Waals surface area contributed by atoms with Gasteiger partial charge in [0.1, 0.15) is 24.7 Å². The molecule has 0 spiro atoms. The summed E-state index contributed by atoms with van der Waals surface area (Å²) in [6.45, 7) is 6.93. The van der Waals surface area contributed by atoms with Gasteiger partial charge in [0, 0.05) is 31.4 Å². The van der Waals surface area contributed by atoms with E-state index in [1.807, 2.05) is 0 Å². The van der Waals surface area contributed by atoms with Gasteiger partial charge in [-0.25, -0.2) is 0 Å². The van der Waals surface area contributed by atoms with Crippen LogP contribution in [0.1, 0.15) is 169 Å². The molecule has 318 valence electrons. The van der Waals surface area contributed by atoms with Crippen LogP contribution in [0.25, 0.3) is 0 Å². The van der Waals surface area contributed by atoms with E-state index >= 15 is 0 Å². The summed E-state index contributed by atoms with van der Waals surface area (Å²) in [6.07, 6.45) is 14.7. The van der Waals surface area contributed by atoms with Crippen molar-refractivity contribution in [3.8, 4) is 0 Å². The van der Waals surface area contributed by atoms with Crippen molar-refractivity contribution in [3.05, 3.63) is 0 Å². The van der Waals surface area contributed by atoms with Crippen molar-refractivity contribution in [1.82, 2.24) is 15.5 Å².